The van der Waals surface area contributed by atoms with Gasteiger partial charge >= 0.3 is 0 Å². The van der Waals surface area contributed by atoms with Crippen LogP contribution in [0.25, 0.3) is 0 Å². The highest BCUT2D eigenvalue weighted by Gasteiger charge is 2.33. The Kier molecular flexibility index (Phi) is 5.86. The third kappa shape index (κ3) is 4.94. The number of aliphatic hydroxyl groups is 1. The number of amides is 2. The normalized spacial score (nSPS) is 21.6. The molecule has 32 heavy (non-hydrogen) atoms. The summed E-state index contributed by atoms with van der Waals surface area (Å²) in [5, 5.41) is 22.5. The SMILES string of the molecule is CC(O)c1ccc([C@@H]2CC(=O)N(CC(=O)Nc3nnc(C4CC4)s3)C2)cc1OCC1CC1. The summed E-state index contributed by atoms with van der Waals surface area (Å²) in [7, 11) is 0. The minimum absolute atomic E-state index is 0.00443. The largest absolute Gasteiger partial charge is 0.493 e. The first kappa shape index (κ1) is 21.3. The molecule has 9 heteroatoms. The lowest BCUT2D eigenvalue weighted by Gasteiger charge is -2.18. The van der Waals surface area contributed by atoms with E-state index in [1.165, 1.54) is 24.2 Å². The zero-order valence-corrected chi connectivity index (χ0v) is 18.9. The fourth-order valence-electron chi connectivity index (χ4n) is 4.03. The Bertz CT molecular complexity index is 1020. The number of hydrogen-bond acceptors (Lipinski definition) is 7. The Morgan fingerprint density at radius 3 is 2.81 bits per heavy atom. The number of ether oxygens (including phenoxy) is 1. The maximum absolute atomic E-state index is 12.6. The van der Waals surface area contributed by atoms with Crippen LogP contribution in [0.15, 0.2) is 18.2 Å². The van der Waals surface area contributed by atoms with E-state index in [-0.39, 0.29) is 24.3 Å². The van der Waals surface area contributed by atoms with Crippen molar-refractivity contribution >= 4 is 28.3 Å². The second-order valence-corrected chi connectivity index (χ2v) is 10.2. The average Bonchev–Trinajstić information content (AvgIpc) is 3.69. The van der Waals surface area contributed by atoms with Gasteiger partial charge in [-0.25, -0.2) is 0 Å². The van der Waals surface area contributed by atoms with Gasteiger partial charge in [-0.05, 0) is 50.2 Å². The molecule has 170 valence electrons. The standard InChI is InChI=1S/C23H28N4O4S/c1-13(28)18-7-6-16(8-19(18)31-12-14-2-3-14)17-9-21(30)27(10-17)11-20(29)24-23-26-25-22(32-23)15-4-5-15/h6-8,13-15,17,28H,2-5,9-12H2,1H3,(H,24,26,29)/t13?,17-/m1/s1. The van der Waals surface area contributed by atoms with Crippen molar-refractivity contribution in [2.24, 2.45) is 5.92 Å². The van der Waals surface area contributed by atoms with Gasteiger partial charge in [0, 0.05) is 30.4 Å². The molecule has 1 unspecified atom stereocenters. The maximum atomic E-state index is 12.6. The van der Waals surface area contributed by atoms with E-state index in [1.54, 1.807) is 11.8 Å². The monoisotopic (exact) mass is 456 g/mol. The molecule has 2 amide bonds. The number of carbonyl (C=O) groups excluding carboxylic acids is 2. The van der Waals surface area contributed by atoms with Crippen LogP contribution in [0.5, 0.6) is 5.75 Å². The van der Waals surface area contributed by atoms with Crippen LogP contribution in [-0.4, -0.2) is 51.7 Å². The fourth-order valence-corrected chi connectivity index (χ4v) is 4.96. The van der Waals surface area contributed by atoms with Crippen molar-refractivity contribution in [2.75, 3.05) is 25.0 Å². The number of nitrogens with one attached hydrogen (secondary N) is 1. The minimum atomic E-state index is -0.621. The maximum Gasteiger partial charge on any atom is 0.245 e. The molecule has 2 saturated carbocycles. The molecule has 2 aliphatic carbocycles. The highest BCUT2D eigenvalue weighted by Crippen LogP contribution is 2.42. The molecule has 0 radical (unpaired) electrons. The van der Waals surface area contributed by atoms with E-state index in [9.17, 15) is 14.7 Å². The van der Waals surface area contributed by atoms with Crippen LogP contribution in [0.1, 0.15) is 73.1 Å². The molecule has 2 heterocycles. The smallest absolute Gasteiger partial charge is 0.245 e. The third-order valence-corrected chi connectivity index (χ3v) is 7.29. The highest BCUT2D eigenvalue weighted by molar-refractivity contribution is 7.15. The predicted octanol–water partition coefficient (Wildman–Crippen LogP) is 3.21. The number of benzene rings is 1. The molecule has 3 fully saturated rings. The molecule has 2 aromatic rings. The van der Waals surface area contributed by atoms with Gasteiger partial charge in [0.05, 0.1) is 19.3 Å². The van der Waals surface area contributed by atoms with Gasteiger partial charge in [-0.2, -0.15) is 0 Å². The van der Waals surface area contributed by atoms with E-state index in [1.807, 2.05) is 18.2 Å². The molecule has 8 nitrogen and oxygen atoms in total. The quantitative estimate of drug-likeness (QED) is 0.600. The Morgan fingerprint density at radius 1 is 1.28 bits per heavy atom. The second kappa shape index (κ2) is 8.78. The number of rotatable bonds is 9. The summed E-state index contributed by atoms with van der Waals surface area (Å²) in [5.74, 6) is 1.49. The molecule has 1 saturated heterocycles. The number of anilines is 1. The van der Waals surface area contributed by atoms with Gasteiger partial charge in [-0.1, -0.05) is 23.5 Å². The van der Waals surface area contributed by atoms with Crippen LogP contribution in [0, 0.1) is 5.92 Å². The summed E-state index contributed by atoms with van der Waals surface area (Å²) in [4.78, 5) is 26.6. The van der Waals surface area contributed by atoms with Crippen LogP contribution in [0.2, 0.25) is 0 Å². The molecular weight excluding hydrogens is 428 g/mol. The van der Waals surface area contributed by atoms with Gasteiger partial charge in [0.2, 0.25) is 16.9 Å². The molecule has 0 spiro atoms. The first-order chi connectivity index (χ1) is 15.5. The van der Waals surface area contributed by atoms with Gasteiger partial charge in [0.15, 0.2) is 0 Å². The van der Waals surface area contributed by atoms with Crippen LogP contribution in [0.3, 0.4) is 0 Å². The van der Waals surface area contributed by atoms with E-state index in [2.05, 4.69) is 15.5 Å². The number of nitrogens with zero attached hydrogens (tertiary/aromatic N) is 3. The zero-order valence-electron chi connectivity index (χ0n) is 18.1. The molecule has 5 rings (SSSR count). The van der Waals surface area contributed by atoms with Gasteiger partial charge in [0.25, 0.3) is 0 Å². The summed E-state index contributed by atoms with van der Waals surface area (Å²) in [6.45, 7) is 2.87. The van der Waals surface area contributed by atoms with Gasteiger partial charge in [-0.15, -0.1) is 10.2 Å². The molecule has 2 N–H and O–H groups in total. The summed E-state index contributed by atoms with van der Waals surface area (Å²) in [5.41, 5.74) is 1.76. The summed E-state index contributed by atoms with van der Waals surface area (Å²) >= 11 is 1.41. The van der Waals surface area contributed by atoms with Crippen molar-refractivity contribution in [3.63, 3.8) is 0 Å². The lowest BCUT2D eigenvalue weighted by atomic mass is 9.95. The van der Waals surface area contributed by atoms with Crippen molar-refractivity contribution in [1.82, 2.24) is 15.1 Å². The summed E-state index contributed by atoms with van der Waals surface area (Å²) in [6.07, 6.45) is 4.39. The Balaban J connectivity index is 1.21. The highest BCUT2D eigenvalue weighted by atomic mass is 32.1. The molecule has 1 aromatic carbocycles. The molecule has 3 aliphatic rings. The molecule has 1 aliphatic heterocycles. The lowest BCUT2D eigenvalue weighted by molar-refractivity contribution is -0.131. The zero-order chi connectivity index (χ0) is 22.2. The first-order valence-corrected chi connectivity index (χ1v) is 12.1. The van der Waals surface area contributed by atoms with Crippen LogP contribution < -0.4 is 10.1 Å². The topological polar surface area (TPSA) is 105 Å². The van der Waals surface area contributed by atoms with Crippen molar-refractivity contribution in [2.45, 2.75) is 57.0 Å². The molecule has 2 atom stereocenters. The van der Waals surface area contributed by atoms with E-state index in [0.29, 0.717) is 42.3 Å². The lowest BCUT2D eigenvalue weighted by Crippen LogP contribution is -2.34. The van der Waals surface area contributed by atoms with E-state index < -0.39 is 6.10 Å². The molecule has 0 bridgehead atoms. The van der Waals surface area contributed by atoms with Crippen LogP contribution in [0.4, 0.5) is 5.13 Å². The van der Waals surface area contributed by atoms with Crippen molar-refractivity contribution in [3.05, 3.63) is 34.3 Å². The Morgan fingerprint density at radius 2 is 2.09 bits per heavy atom. The number of likely N-dealkylation sites (tertiary alicyclic amines) is 1. The van der Waals surface area contributed by atoms with Crippen molar-refractivity contribution in [3.8, 4) is 5.75 Å². The number of aromatic nitrogens is 2. The minimum Gasteiger partial charge on any atom is -0.493 e. The predicted molar refractivity (Wildman–Crippen MR) is 120 cm³/mol. The van der Waals surface area contributed by atoms with E-state index >= 15 is 0 Å². The Labute approximate surface area is 191 Å². The second-order valence-electron chi connectivity index (χ2n) is 9.17. The summed E-state index contributed by atoms with van der Waals surface area (Å²) < 4.78 is 6.00. The molecule has 1 aromatic heterocycles. The van der Waals surface area contributed by atoms with Gasteiger partial charge in [-0.3, -0.25) is 14.9 Å². The van der Waals surface area contributed by atoms with E-state index in [0.717, 1.165) is 29.0 Å². The number of aliphatic hydroxyl groups excluding tert-OH is 1. The van der Waals surface area contributed by atoms with Crippen molar-refractivity contribution in [1.29, 1.82) is 0 Å². The number of carbonyl (C=O) groups is 2. The van der Waals surface area contributed by atoms with Crippen LogP contribution in [-0.2, 0) is 9.59 Å². The van der Waals surface area contributed by atoms with Gasteiger partial charge < -0.3 is 14.7 Å². The first-order valence-electron chi connectivity index (χ1n) is 11.3. The van der Waals surface area contributed by atoms with Gasteiger partial charge in [0.1, 0.15) is 10.8 Å². The van der Waals surface area contributed by atoms with Crippen molar-refractivity contribution < 1.29 is 19.4 Å². The third-order valence-electron chi connectivity index (χ3n) is 6.29. The van der Waals surface area contributed by atoms with E-state index in [4.69, 9.17) is 4.74 Å². The average molecular weight is 457 g/mol. The number of hydrogen-bond donors (Lipinski definition) is 2. The van der Waals surface area contributed by atoms with Crippen LogP contribution >= 0.6 is 11.3 Å². The molecular formula is C23H28N4O4S. The fraction of sp³-hybridized carbons (Fsp3) is 0.565. The Hall–Kier alpha value is -2.52. The summed E-state index contributed by atoms with van der Waals surface area (Å²) in [6, 6.07) is 5.79.